The van der Waals surface area contributed by atoms with Gasteiger partial charge >= 0.3 is 0 Å². The minimum atomic E-state index is -3.42. The third-order valence-corrected chi connectivity index (χ3v) is 5.66. The molecule has 134 valence electrons. The highest BCUT2D eigenvalue weighted by atomic mass is 35.5. The largest absolute Gasteiger partial charge is 0.353 e. The topological polar surface area (TPSA) is 66.5 Å². The minimum Gasteiger partial charge on any atom is -0.353 e. The molecule has 1 aliphatic rings. The van der Waals surface area contributed by atoms with Crippen molar-refractivity contribution < 1.29 is 13.2 Å². The highest BCUT2D eigenvalue weighted by Crippen LogP contribution is 2.22. The first-order valence-electron chi connectivity index (χ1n) is 8.39. The van der Waals surface area contributed by atoms with Crippen LogP contribution >= 0.6 is 11.6 Å². The Balaban J connectivity index is 1.88. The Hall–Kier alpha value is -1.27. The number of hydrogen-bond donors (Lipinski definition) is 1. The Morgan fingerprint density at radius 3 is 2.62 bits per heavy atom. The second-order valence-electron chi connectivity index (χ2n) is 6.32. The molecule has 0 aromatic heterocycles. The number of carbonyl (C=O) groups is 1. The number of nitrogens with one attached hydrogen (secondary N) is 1. The first kappa shape index (κ1) is 19.1. The van der Waals surface area contributed by atoms with Gasteiger partial charge in [0.1, 0.15) is 0 Å². The first-order valence-corrected chi connectivity index (χ1v) is 10.6. The molecule has 1 saturated carbocycles. The zero-order valence-electron chi connectivity index (χ0n) is 14.0. The number of rotatable bonds is 7. The van der Waals surface area contributed by atoms with E-state index in [9.17, 15) is 13.2 Å². The van der Waals surface area contributed by atoms with Crippen molar-refractivity contribution in [2.45, 2.75) is 51.0 Å². The van der Waals surface area contributed by atoms with E-state index >= 15 is 0 Å². The van der Waals surface area contributed by atoms with Crippen molar-refractivity contribution in [1.29, 1.82) is 0 Å². The van der Waals surface area contributed by atoms with Gasteiger partial charge in [-0.2, -0.15) is 0 Å². The van der Waals surface area contributed by atoms with Crippen molar-refractivity contribution in [3.63, 3.8) is 0 Å². The number of hydrogen-bond acceptors (Lipinski definition) is 3. The van der Waals surface area contributed by atoms with Crippen LogP contribution in [0.25, 0.3) is 0 Å². The third-order valence-electron chi connectivity index (χ3n) is 4.23. The molecule has 24 heavy (non-hydrogen) atoms. The van der Waals surface area contributed by atoms with Crippen LogP contribution in [-0.4, -0.2) is 33.2 Å². The van der Waals surface area contributed by atoms with Crippen LogP contribution in [0, 0.1) is 0 Å². The van der Waals surface area contributed by atoms with Gasteiger partial charge in [-0.3, -0.25) is 9.10 Å². The van der Waals surface area contributed by atoms with Gasteiger partial charge in [-0.15, -0.1) is 0 Å². The average molecular weight is 373 g/mol. The summed E-state index contributed by atoms with van der Waals surface area (Å²) in [6.45, 7) is 0.261. The summed E-state index contributed by atoms with van der Waals surface area (Å²) in [6, 6.07) is 7.01. The van der Waals surface area contributed by atoms with E-state index in [0.717, 1.165) is 19.1 Å². The van der Waals surface area contributed by atoms with Gasteiger partial charge in [-0.05, 0) is 37.5 Å². The average Bonchev–Trinajstić information content (AvgIpc) is 2.51. The molecule has 0 saturated heterocycles. The lowest BCUT2D eigenvalue weighted by Crippen LogP contribution is -2.37. The zero-order chi connectivity index (χ0) is 17.6. The zero-order valence-corrected chi connectivity index (χ0v) is 15.6. The molecule has 0 bridgehead atoms. The van der Waals surface area contributed by atoms with E-state index in [1.807, 2.05) is 0 Å². The van der Waals surface area contributed by atoms with E-state index in [0.29, 0.717) is 23.6 Å². The number of amides is 1. The van der Waals surface area contributed by atoms with Crippen LogP contribution in [0.4, 0.5) is 5.69 Å². The van der Waals surface area contributed by atoms with Crippen molar-refractivity contribution in [3.05, 3.63) is 29.3 Å². The van der Waals surface area contributed by atoms with Crippen LogP contribution in [0.3, 0.4) is 0 Å². The first-order chi connectivity index (χ1) is 11.4. The van der Waals surface area contributed by atoms with Gasteiger partial charge in [0, 0.05) is 24.0 Å². The van der Waals surface area contributed by atoms with Crippen molar-refractivity contribution in [2.24, 2.45) is 0 Å². The number of nitrogens with zero attached hydrogens (tertiary/aromatic N) is 1. The minimum absolute atomic E-state index is 0.00134. The summed E-state index contributed by atoms with van der Waals surface area (Å²) in [5.74, 6) is 0.00134. The lowest BCUT2D eigenvalue weighted by molar-refractivity contribution is -0.122. The van der Waals surface area contributed by atoms with Gasteiger partial charge in [0.15, 0.2) is 0 Å². The summed E-state index contributed by atoms with van der Waals surface area (Å²) in [5.41, 5.74) is 0.526. The van der Waals surface area contributed by atoms with Gasteiger partial charge in [0.25, 0.3) is 0 Å². The number of carbonyl (C=O) groups excluding carboxylic acids is 1. The normalized spacial score (nSPS) is 15.9. The smallest absolute Gasteiger partial charge is 0.232 e. The molecule has 0 aliphatic heterocycles. The van der Waals surface area contributed by atoms with Crippen LogP contribution in [0.5, 0.6) is 0 Å². The lowest BCUT2D eigenvalue weighted by atomic mass is 9.95. The molecule has 1 fully saturated rings. The summed E-state index contributed by atoms with van der Waals surface area (Å²) in [4.78, 5) is 12.0. The highest BCUT2D eigenvalue weighted by Gasteiger charge is 2.19. The van der Waals surface area contributed by atoms with Gasteiger partial charge in [0.05, 0.1) is 11.9 Å². The van der Waals surface area contributed by atoms with Crippen molar-refractivity contribution in [1.82, 2.24) is 5.32 Å². The number of halogens is 1. The number of benzene rings is 1. The van der Waals surface area contributed by atoms with E-state index in [1.54, 1.807) is 24.3 Å². The van der Waals surface area contributed by atoms with Gasteiger partial charge in [-0.1, -0.05) is 36.9 Å². The van der Waals surface area contributed by atoms with Gasteiger partial charge < -0.3 is 5.32 Å². The molecule has 0 heterocycles. The van der Waals surface area contributed by atoms with Crippen molar-refractivity contribution in [3.8, 4) is 0 Å². The maximum absolute atomic E-state index is 12.0. The summed E-state index contributed by atoms with van der Waals surface area (Å²) < 4.78 is 25.3. The molecule has 7 heteroatoms. The Morgan fingerprint density at radius 1 is 1.29 bits per heavy atom. The predicted molar refractivity (Wildman–Crippen MR) is 97.9 cm³/mol. The second-order valence-corrected chi connectivity index (χ2v) is 8.66. The molecule has 5 nitrogen and oxygen atoms in total. The Bertz CT molecular complexity index is 658. The van der Waals surface area contributed by atoms with E-state index in [4.69, 9.17) is 11.6 Å². The second kappa shape index (κ2) is 8.72. The molecule has 0 atom stereocenters. The highest BCUT2D eigenvalue weighted by molar-refractivity contribution is 7.92. The number of sulfonamides is 1. The van der Waals surface area contributed by atoms with E-state index < -0.39 is 10.0 Å². The monoisotopic (exact) mass is 372 g/mol. The molecule has 0 unspecified atom stereocenters. The van der Waals surface area contributed by atoms with E-state index in [2.05, 4.69) is 5.32 Å². The number of anilines is 1. The summed E-state index contributed by atoms with van der Waals surface area (Å²) in [7, 11) is -3.42. The summed E-state index contributed by atoms with van der Waals surface area (Å²) in [5, 5.41) is 3.53. The molecular weight excluding hydrogens is 348 g/mol. The van der Waals surface area contributed by atoms with Crippen LogP contribution < -0.4 is 9.62 Å². The fraction of sp³-hybridized carbons (Fsp3) is 0.588. The molecule has 0 spiro atoms. The standard InChI is InChI=1S/C17H25ClN2O3S/c1-24(22,23)20(16-10-5-7-14(18)13-16)12-6-11-17(21)19-15-8-3-2-4-9-15/h5,7,10,13,15H,2-4,6,8-9,11-12H2,1H3,(H,19,21). The Labute approximate surface area is 149 Å². The molecular formula is C17H25ClN2O3S. The summed E-state index contributed by atoms with van der Waals surface area (Å²) in [6.07, 6.45) is 7.63. The van der Waals surface area contributed by atoms with Gasteiger partial charge in [-0.25, -0.2) is 8.42 Å². The van der Waals surface area contributed by atoms with Gasteiger partial charge in [0.2, 0.25) is 15.9 Å². The molecule has 1 amide bonds. The van der Waals surface area contributed by atoms with Crippen molar-refractivity contribution >= 4 is 33.2 Å². The molecule has 1 aromatic carbocycles. The molecule has 2 rings (SSSR count). The Kier molecular flexibility index (Phi) is 6.92. The quantitative estimate of drug-likeness (QED) is 0.798. The molecule has 1 N–H and O–H groups in total. The molecule has 1 aromatic rings. The fourth-order valence-corrected chi connectivity index (χ4v) is 4.19. The third kappa shape index (κ3) is 5.98. The van der Waals surface area contributed by atoms with Crippen LogP contribution in [0.1, 0.15) is 44.9 Å². The van der Waals surface area contributed by atoms with E-state index in [-0.39, 0.29) is 18.5 Å². The lowest BCUT2D eigenvalue weighted by Gasteiger charge is -2.24. The molecule has 0 radical (unpaired) electrons. The molecule has 1 aliphatic carbocycles. The van der Waals surface area contributed by atoms with Crippen molar-refractivity contribution in [2.75, 3.05) is 17.1 Å². The van der Waals surface area contributed by atoms with E-state index in [1.165, 1.54) is 23.6 Å². The fourth-order valence-electron chi connectivity index (χ4n) is 3.05. The van der Waals surface area contributed by atoms with Crippen LogP contribution in [0.15, 0.2) is 24.3 Å². The predicted octanol–water partition coefficient (Wildman–Crippen LogP) is 3.34. The SMILES string of the molecule is CS(=O)(=O)N(CCCC(=O)NC1CCCCC1)c1cccc(Cl)c1. The summed E-state index contributed by atoms with van der Waals surface area (Å²) >= 11 is 5.95. The van der Waals surface area contributed by atoms with Crippen LogP contribution in [0.2, 0.25) is 5.02 Å². The van der Waals surface area contributed by atoms with Crippen LogP contribution in [-0.2, 0) is 14.8 Å². The maximum Gasteiger partial charge on any atom is 0.232 e. The maximum atomic E-state index is 12.0. The Morgan fingerprint density at radius 2 is 2.00 bits per heavy atom.